The van der Waals surface area contributed by atoms with Crippen molar-refractivity contribution in [1.29, 1.82) is 0 Å². The minimum Gasteiger partial charge on any atom is -0.299 e. The first-order valence-electron chi connectivity index (χ1n) is 10.9. The van der Waals surface area contributed by atoms with Crippen LogP contribution in [-0.2, 0) is 4.79 Å². The lowest BCUT2D eigenvalue weighted by Crippen LogP contribution is -2.48. The van der Waals surface area contributed by atoms with Gasteiger partial charge < -0.3 is 0 Å². The van der Waals surface area contributed by atoms with Gasteiger partial charge in [0.15, 0.2) is 0 Å². The Hall–Kier alpha value is -2.65. The Bertz CT molecular complexity index is 1330. The second kappa shape index (κ2) is 10.0. The number of allylic oxidation sites excluding steroid dienone is 9. The van der Waals surface area contributed by atoms with Crippen LogP contribution in [-0.4, -0.2) is 24.1 Å². The van der Waals surface area contributed by atoms with Crippen molar-refractivity contribution < 1.29 is 31.1 Å². The molecular weight excluding hydrogens is 518 g/mol. The Morgan fingerprint density at radius 3 is 1.83 bits per heavy atom. The number of alkyl halides is 6. The maximum atomic E-state index is 15.1. The third kappa shape index (κ3) is 4.83. The van der Waals surface area contributed by atoms with Crippen molar-refractivity contribution in [2.75, 3.05) is 0 Å². The Labute approximate surface area is 213 Å². The third-order valence-corrected chi connectivity index (χ3v) is 7.72. The minimum atomic E-state index is -5.57. The molecule has 1 nitrogen and oxygen atoms in total. The number of hydrogen-bond acceptors (Lipinski definition) is 3. The molecule has 0 N–H and O–H groups in total. The summed E-state index contributed by atoms with van der Waals surface area (Å²) in [5.74, 6) is -15.7. The van der Waals surface area contributed by atoms with E-state index >= 15 is 8.78 Å². The summed E-state index contributed by atoms with van der Waals surface area (Å²) < 4.78 is 89.2. The maximum absolute atomic E-state index is 15.1. The predicted molar refractivity (Wildman–Crippen MR) is 136 cm³/mol. The molecular formula is C27H24F6OS2. The van der Waals surface area contributed by atoms with Gasteiger partial charge in [-0.15, -0.1) is 22.7 Å². The van der Waals surface area contributed by atoms with Crippen LogP contribution >= 0.6 is 22.7 Å². The van der Waals surface area contributed by atoms with Crippen molar-refractivity contribution in [2.45, 2.75) is 52.4 Å². The standard InChI is InChI=1S/C27H24F6OS2/c1-15(7-6-8-16(2)11-12-34)9-10-20-14-22(19(5)36-20)24-23(21-13-17(3)35-18(21)4)25(28,29)27(32,33)26(24,30)31/h6-14H,1-5H3/b8-6+,10-9+,15-7+,16-11+. The maximum Gasteiger partial charge on any atom is 0.380 e. The predicted octanol–water partition coefficient (Wildman–Crippen LogP) is 9.23. The molecule has 0 radical (unpaired) electrons. The lowest BCUT2D eigenvalue weighted by molar-refractivity contribution is -0.254. The summed E-state index contributed by atoms with van der Waals surface area (Å²) in [5.41, 5.74) is -1.68. The zero-order valence-electron chi connectivity index (χ0n) is 20.2. The van der Waals surface area contributed by atoms with E-state index in [-0.39, 0.29) is 20.9 Å². The molecule has 9 heteroatoms. The fraction of sp³-hybridized carbons (Fsp3) is 0.296. The van der Waals surface area contributed by atoms with Crippen LogP contribution in [0.1, 0.15) is 44.5 Å². The molecule has 0 unspecified atom stereocenters. The average Bonchev–Trinajstić information content (AvgIpc) is 3.32. The van der Waals surface area contributed by atoms with E-state index in [1.165, 1.54) is 32.1 Å². The summed E-state index contributed by atoms with van der Waals surface area (Å²) in [6.45, 7) is 8.06. The lowest BCUT2D eigenvalue weighted by Gasteiger charge is -2.25. The number of carbonyl (C=O) groups excluding carboxylic acids is 1. The molecule has 3 rings (SSSR count). The van der Waals surface area contributed by atoms with Crippen LogP contribution in [0.4, 0.5) is 26.3 Å². The highest BCUT2D eigenvalue weighted by Gasteiger charge is 2.80. The van der Waals surface area contributed by atoms with Gasteiger partial charge in [-0.1, -0.05) is 29.9 Å². The number of halogens is 6. The highest BCUT2D eigenvalue weighted by atomic mass is 32.1. The van der Waals surface area contributed by atoms with Crippen molar-refractivity contribution in [3.63, 3.8) is 0 Å². The molecule has 1 aliphatic carbocycles. The van der Waals surface area contributed by atoms with E-state index in [0.29, 0.717) is 16.0 Å². The molecule has 0 amide bonds. The number of hydrogen-bond donors (Lipinski definition) is 0. The largest absolute Gasteiger partial charge is 0.380 e. The normalized spacial score (nSPS) is 19.8. The number of aryl methyl sites for hydroxylation is 3. The molecule has 2 heterocycles. The molecule has 2 aromatic rings. The topological polar surface area (TPSA) is 17.1 Å². The van der Waals surface area contributed by atoms with E-state index in [4.69, 9.17) is 0 Å². The molecule has 0 bridgehead atoms. The SMILES string of the molecule is CC(/C=C/C=C(C)/C=C/c1cc(C2=C(c3cc(C)sc3C)C(F)(F)C(F)(F)C2(F)F)c(C)s1)=C\C=O. The van der Waals surface area contributed by atoms with Crippen molar-refractivity contribution in [3.8, 4) is 0 Å². The fourth-order valence-electron chi connectivity index (χ4n) is 3.93. The van der Waals surface area contributed by atoms with Crippen molar-refractivity contribution >= 4 is 46.2 Å². The van der Waals surface area contributed by atoms with Crippen molar-refractivity contribution in [2.24, 2.45) is 0 Å². The highest BCUT2D eigenvalue weighted by molar-refractivity contribution is 7.13. The quantitative estimate of drug-likeness (QED) is 0.148. The Kier molecular flexibility index (Phi) is 7.77. The molecule has 0 atom stereocenters. The zero-order valence-corrected chi connectivity index (χ0v) is 21.8. The number of carbonyl (C=O) groups is 1. The first-order valence-corrected chi connectivity index (χ1v) is 12.5. The number of aldehydes is 1. The molecule has 1 aliphatic rings. The van der Waals surface area contributed by atoms with Gasteiger partial charge in [-0.05, 0) is 75.6 Å². The summed E-state index contributed by atoms with van der Waals surface area (Å²) in [6, 6.07) is 2.52. The molecule has 0 spiro atoms. The van der Waals surface area contributed by atoms with Crippen LogP contribution < -0.4 is 0 Å². The molecule has 0 saturated heterocycles. The van der Waals surface area contributed by atoms with Crippen LogP contribution in [0.5, 0.6) is 0 Å². The van der Waals surface area contributed by atoms with Crippen LogP contribution in [0.15, 0.2) is 53.7 Å². The van der Waals surface area contributed by atoms with E-state index in [1.807, 2.05) is 0 Å². The van der Waals surface area contributed by atoms with Crippen LogP contribution in [0, 0.1) is 20.8 Å². The molecule has 0 fully saturated rings. The van der Waals surface area contributed by atoms with E-state index < -0.39 is 28.9 Å². The van der Waals surface area contributed by atoms with Crippen LogP contribution in [0.2, 0.25) is 0 Å². The minimum absolute atomic E-state index is 0.232. The van der Waals surface area contributed by atoms with Gasteiger partial charge in [-0.25, -0.2) is 0 Å². The monoisotopic (exact) mass is 542 g/mol. The third-order valence-electron chi connectivity index (χ3n) is 5.74. The molecule has 0 aliphatic heterocycles. The van der Waals surface area contributed by atoms with Gasteiger partial charge in [0.1, 0.15) is 6.29 Å². The lowest BCUT2D eigenvalue weighted by atomic mass is 9.95. The van der Waals surface area contributed by atoms with E-state index in [0.717, 1.165) is 33.8 Å². The highest BCUT2D eigenvalue weighted by Crippen LogP contribution is 2.65. The van der Waals surface area contributed by atoms with Gasteiger partial charge in [0.25, 0.3) is 0 Å². The van der Waals surface area contributed by atoms with E-state index in [2.05, 4.69) is 0 Å². The van der Waals surface area contributed by atoms with Crippen LogP contribution in [0.3, 0.4) is 0 Å². The summed E-state index contributed by atoms with van der Waals surface area (Å²) >= 11 is 2.14. The summed E-state index contributed by atoms with van der Waals surface area (Å²) in [5, 5.41) is 0. The van der Waals surface area contributed by atoms with E-state index in [1.54, 1.807) is 51.2 Å². The van der Waals surface area contributed by atoms with E-state index in [9.17, 15) is 22.4 Å². The first-order chi connectivity index (χ1) is 16.6. The van der Waals surface area contributed by atoms with Crippen molar-refractivity contribution in [1.82, 2.24) is 0 Å². The first kappa shape index (κ1) is 27.9. The Morgan fingerprint density at radius 1 is 0.778 bits per heavy atom. The van der Waals surface area contributed by atoms with Gasteiger partial charge in [-0.2, -0.15) is 26.3 Å². The van der Waals surface area contributed by atoms with Gasteiger partial charge in [-0.3, -0.25) is 4.79 Å². The summed E-state index contributed by atoms with van der Waals surface area (Å²) in [6.07, 6.45) is 10.6. The summed E-state index contributed by atoms with van der Waals surface area (Å²) in [7, 11) is 0. The Morgan fingerprint density at radius 2 is 1.31 bits per heavy atom. The molecule has 0 aromatic carbocycles. The van der Waals surface area contributed by atoms with Crippen LogP contribution in [0.25, 0.3) is 17.2 Å². The number of thiophene rings is 2. The van der Waals surface area contributed by atoms with Gasteiger partial charge >= 0.3 is 17.8 Å². The number of rotatable bonds is 7. The zero-order chi connectivity index (χ0) is 27.1. The second-order valence-electron chi connectivity index (χ2n) is 8.57. The van der Waals surface area contributed by atoms with Crippen molar-refractivity contribution in [3.05, 3.63) is 84.3 Å². The summed E-state index contributed by atoms with van der Waals surface area (Å²) in [4.78, 5) is 12.0. The molecule has 0 saturated carbocycles. The van der Waals surface area contributed by atoms with Gasteiger partial charge in [0.2, 0.25) is 0 Å². The second-order valence-corrected chi connectivity index (χ2v) is 11.3. The Balaban J connectivity index is 2.10. The molecule has 2 aromatic heterocycles. The van der Waals surface area contributed by atoms with Gasteiger partial charge in [0.05, 0.1) is 0 Å². The fourth-order valence-corrected chi connectivity index (χ4v) is 5.80. The molecule has 192 valence electrons. The van der Waals surface area contributed by atoms with Gasteiger partial charge in [0, 0.05) is 30.7 Å². The molecule has 36 heavy (non-hydrogen) atoms. The average molecular weight is 543 g/mol. The smallest absolute Gasteiger partial charge is 0.299 e.